The molecule has 1 saturated heterocycles. The van der Waals surface area contributed by atoms with Crippen molar-refractivity contribution in [2.24, 2.45) is 0 Å². The molecule has 0 unspecified atom stereocenters. The molecule has 2 aromatic rings. The predicted octanol–water partition coefficient (Wildman–Crippen LogP) is 1.30. The molecule has 1 amide bonds. The molecule has 6 heteroatoms. The van der Waals surface area contributed by atoms with Gasteiger partial charge in [-0.25, -0.2) is 4.68 Å². The maximum atomic E-state index is 12.7. The van der Waals surface area contributed by atoms with E-state index in [0.717, 1.165) is 11.3 Å². The van der Waals surface area contributed by atoms with Gasteiger partial charge in [-0.2, -0.15) is 0 Å². The van der Waals surface area contributed by atoms with Crippen molar-refractivity contribution in [2.45, 2.75) is 32.9 Å². The molecule has 0 saturated carbocycles. The Labute approximate surface area is 135 Å². The molecule has 3 rings (SSSR count). The third-order valence-corrected chi connectivity index (χ3v) is 4.09. The van der Waals surface area contributed by atoms with Gasteiger partial charge in [-0.05, 0) is 32.9 Å². The number of nitrogens with zero attached hydrogens (tertiary/aromatic N) is 2. The minimum absolute atomic E-state index is 0.131. The minimum atomic E-state index is -0.228. The summed E-state index contributed by atoms with van der Waals surface area (Å²) >= 11 is 0. The molecular formula is C17H22N4O2. The lowest BCUT2D eigenvalue weighted by molar-refractivity contribution is 0.0667. The lowest BCUT2D eigenvalue weighted by Crippen LogP contribution is -2.55. The summed E-state index contributed by atoms with van der Waals surface area (Å²) in [5.74, 6) is -0.131. The molecule has 1 aromatic heterocycles. The van der Waals surface area contributed by atoms with Crippen LogP contribution in [0.1, 0.15) is 29.9 Å². The molecule has 1 fully saturated rings. The molecule has 2 atom stereocenters. The normalized spacial score (nSPS) is 21.4. The number of nitrogens with one attached hydrogen (secondary N) is 2. The van der Waals surface area contributed by atoms with E-state index in [9.17, 15) is 9.59 Å². The molecule has 1 aliphatic heterocycles. The zero-order valence-corrected chi connectivity index (χ0v) is 13.7. The van der Waals surface area contributed by atoms with Gasteiger partial charge in [0.1, 0.15) is 5.69 Å². The second-order valence-electron chi connectivity index (χ2n) is 6.36. The summed E-state index contributed by atoms with van der Waals surface area (Å²) in [6, 6.07) is 9.45. The summed E-state index contributed by atoms with van der Waals surface area (Å²) in [7, 11) is 0. The number of amides is 1. The van der Waals surface area contributed by atoms with Gasteiger partial charge < -0.3 is 10.2 Å². The quantitative estimate of drug-likeness (QED) is 0.878. The molecule has 2 N–H and O–H groups in total. The van der Waals surface area contributed by atoms with Crippen LogP contribution in [0.5, 0.6) is 0 Å². The highest BCUT2D eigenvalue weighted by Crippen LogP contribution is 2.10. The average Bonchev–Trinajstić information content (AvgIpc) is 2.88. The van der Waals surface area contributed by atoms with Gasteiger partial charge in [0.25, 0.3) is 11.5 Å². The molecule has 0 aliphatic carbocycles. The second kappa shape index (κ2) is 6.04. The van der Waals surface area contributed by atoms with Crippen LogP contribution in [0.25, 0.3) is 5.69 Å². The van der Waals surface area contributed by atoms with Crippen molar-refractivity contribution in [3.63, 3.8) is 0 Å². The van der Waals surface area contributed by atoms with Gasteiger partial charge in [0.05, 0.1) is 5.69 Å². The van der Waals surface area contributed by atoms with Crippen molar-refractivity contribution in [3.05, 3.63) is 51.9 Å². The van der Waals surface area contributed by atoms with E-state index in [2.05, 4.69) is 24.3 Å². The molecule has 0 spiro atoms. The van der Waals surface area contributed by atoms with Gasteiger partial charge in [0, 0.05) is 31.2 Å². The van der Waals surface area contributed by atoms with Gasteiger partial charge in [0.15, 0.2) is 0 Å². The number of aryl methyl sites for hydroxylation is 1. The summed E-state index contributed by atoms with van der Waals surface area (Å²) < 4.78 is 1.40. The molecule has 1 aliphatic rings. The van der Waals surface area contributed by atoms with Gasteiger partial charge in [0.2, 0.25) is 0 Å². The lowest BCUT2D eigenvalue weighted by atomic mass is 10.1. The fourth-order valence-corrected chi connectivity index (χ4v) is 3.05. The first-order valence-corrected chi connectivity index (χ1v) is 7.88. The SMILES string of the molecule is Cc1ccc(-n2[nH]c(C(=O)N3C[C@@H](C)N[C@H](C)C3)cc2=O)cc1. The van der Waals surface area contributed by atoms with Gasteiger partial charge in [-0.1, -0.05) is 17.7 Å². The third-order valence-electron chi connectivity index (χ3n) is 4.09. The Balaban J connectivity index is 1.87. The van der Waals surface area contributed by atoms with Crippen LogP contribution in [0.3, 0.4) is 0 Å². The highest BCUT2D eigenvalue weighted by Gasteiger charge is 2.26. The van der Waals surface area contributed by atoms with Crippen LogP contribution >= 0.6 is 0 Å². The van der Waals surface area contributed by atoms with Crippen molar-refractivity contribution < 1.29 is 4.79 Å². The number of carbonyl (C=O) groups is 1. The average molecular weight is 314 g/mol. The van der Waals surface area contributed by atoms with E-state index in [1.807, 2.05) is 31.2 Å². The van der Waals surface area contributed by atoms with Crippen LogP contribution in [-0.2, 0) is 0 Å². The topological polar surface area (TPSA) is 70.1 Å². The van der Waals surface area contributed by atoms with Crippen LogP contribution in [-0.4, -0.2) is 45.8 Å². The van der Waals surface area contributed by atoms with Gasteiger partial charge >= 0.3 is 0 Å². The molecule has 2 heterocycles. The van der Waals surface area contributed by atoms with Crippen LogP contribution in [0, 0.1) is 6.92 Å². The van der Waals surface area contributed by atoms with Crippen LogP contribution < -0.4 is 10.9 Å². The molecule has 6 nitrogen and oxygen atoms in total. The van der Waals surface area contributed by atoms with Crippen molar-refractivity contribution in [2.75, 3.05) is 13.1 Å². The number of hydrogen-bond donors (Lipinski definition) is 2. The highest BCUT2D eigenvalue weighted by atomic mass is 16.2. The summed E-state index contributed by atoms with van der Waals surface area (Å²) in [6.07, 6.45) is 0. The Morgan fingerprint density at radius 1 is 1.13 bits per heavy atom. The number of benzene rings is 1. The van der Waals surface area contributed by atoms with Crippen molar-refractivity contribution >= 4 is 5.91 Å². The van der Waals surface area contributed by atoms with Crippen molar-refractivity contribution in [1.29, 1.82) is 0 Å². The zero-order valence-electron chi connectivity index (χ0n) is 13.7. The third kappa shape index (κ3) is 3.22. The van der Waals surface area contributed by atoms with Gasteiger partial charge in [-0.15, -0.1) is 0 Å². The Morgan fingerprint density at radius 3 is 2.35 bits per heavy atom. The van der Waals surface area contributed by atoms with Crippen LogP contribution in [0.4, 0.5) is 0 Å². The maximum Gasteiger partial charge on any atom is 0.272 e. The molecule has 1 aromatic carbocycles. The highest BCUT2D eigenvalue weighted by molar-refractivity contribution is 5.92. The van der Waals surface area contributed by atoms with E-state index in [1.165, 1.54) is 10.7 Å². The summed E-state index contributed by atoms with van der Waals surface area (Å²) in [5, 5.41) is 6.33. The van der Waals surface area contributed by atoms with Crippen molar-refractivity contribution in [3.8, 4) is 5.69 Å². The fourth-order valence-electron chi connectivity index (χ4n) is 3.05. The van der Waals surface area contributed by atoms with Gasteiger partial charge in [-0.3, -0.25) is 14.7 Å². The maximum absolute atomic E-state index is 12.7. The molecule has 122 valence electrons. The minimum Gasteiger partial charge on any atom is -0.334 e. The number of aromatic nitrogens is 2. The number of rotatable bonds is 2. The number of carbonyl (C=O) groups excluding carboxylic acids is 1. The van der Waals surface area contributed by atoms with Crippen LogP contribution in [0.15, 0.2) is 35.1 Å². The van der Waals surface area contributed by atoms with E-state index < -0.39 is 0 Å². The monoisotopic (exact) mass is 314 g/mol. The second-order valence-corrected chi connectivity index (χ2v) is 6.36. The Morgan fingerprint density at radius 2 is 1.74 bits per heavy atom. The van der Waals surface area contributed by atoms with Crippen LogP contribution in [0.2, 0.25) is 0 Å². The zero-order chi connectivity index (χ0) is 16.6. The Hall–Kier alpha value is -2.34. The smallest absolute Gasteiger partial charge is 0.272 e. The Bertz CT molecular complexity index is 750. The molecular weight excluding hydrogens is 292 g/mol. The first-order chi connectivity index (χ1) is 10.9. The fraction of sp³-hybridized carbons (Fsp3) is 0.412. The van der Waals surface area contributed by atoms with E-state index in [1.54, 1.807) is 4.90 Å². The molecule has 23 heavy (non-hydrogen) atoms. The summed E-state index contributed by atoms with van der Waals surface area (Å²) in [5.41, 5.74) is 1.94. The predicted molar refractivity (Wildman–Crippen MR) is 89.1 cm³/mol. The number of piperazine rings is 1. The first-order valence-electron chi connectivity index (χ1n) is 7.88. The number of aromatic amines is 1. The largest absolute Gasteiger partial charge is 0.334 e. The van der Waals surface area contributed by atoms with E-state index in [-0.39, 0.29) is 23.6 Å². The van der Waals surface area contributed by atoms with Crippen molar-refractivity contribution in [1.82, 2.24) is 20.0 Å². The standard InChI is InChI=1S/C17H22N4O2/c1-11-4-6-14(7-5-11)21-16(22)8-15(19-21)17(23)20-9-12(2)18-13(3)10-20/h4-8,12-13,18-19H,9-10H2,1-3H3/t12-,13-/m1/s1. The summed E-state index contributed by atoms with van der Waals surface area (Å²) in [4.78, 5) is 26.6. The van der Waals surface area contributed by atoms with E-state index in [0.29, 0.717) is 18.8 Å². The molecule has 0 radical (unpaired) electrons. The summed E-state index contributed by atoms with van der Waals surface area (Å²) in [6.45, 7) is 7.37. The molecule has 0 bridgehead atoms. The van der Waals surface area contributed by atoms with E-state index >= 15 is 0 Å². The van der Waals surface area contributed by atoms with E-state index in [4.69, 9.17) is 0 Å². The number of hydrogen-bond acceptors (Lipinski definition) is 3. The Kier molecular flexibility index (Phi) is 4.09. The lowest BCUT2D eigenvalue weighted by Gasteiger charge is -2.35. The number of H-pyrrole nitrogens is 1. The first kappa shape index (κ1) is 15.6.